The van der Waals surface area contributed by atoms with E-state index >= 15 is 0 Å². The van der Waals surface area contributed by atoms with Crippen LogP contribution in [0.3, 0.4) is 0 Å². The normalized spacial score (nSPS) is 10.0. The molecule has 0 aliphatic carbocycles. The third kappa shape index (κ3) is 3.52. The van der Waals surface area contributed by atoms with Crippen LogP contribution in [-0.4, -0.2) is 42.1 Å². The minimum atomic E-state index is -1.50. The number of halogens is 1. The molecular formula is C10H13BClNO3. The zero-order valence-corrected chi connectivity index (χ0v) is 9.68. The average molecular weight is 241 g/mol. The van der Waals surface area contributed by atoms with E-state index in [2.05, 4.69) is 0 Å². The maximum absolute atomic E-state index is 10.4. The maximum Gasteiger partial charge on any atom is 0.488 e. The van der Waals surface area contributed by atoms with Gasteiger partial charge in [-0.3, -0.25) is 4.79 Å². The molecule has 1 aromatic rings. The van der Waals surface area contributed by atoms with E-state index in [1.54, 1.807) is 25.2 Å². The Kier molecular flexibility index (Phi) is 4.80. The fraction of sp³-hybridized carbons (Fsp3) is 0.300. The van der Waals surface area contributed by atoms with Gasteiger partial charge in [0.15, 0.2) is 0 Å². The Bertz CT molecular complexity index is 373. The summed E-state index contributed by atoms with van der Waals surface area (Å²) in [5.41, 5.74) is 1.19. The molecule has 1 amide bonds. The van der Waals surface area contributed by atoms with Crippen molar-refractivity contribution < 1.29 is 14.8 Å². The molecule has 0 fully saturated rings. The van der Waals surface area contributed by atoms with Crippen LogP contribution < -0.4 is 5.46 Å². The molecule has 16 heavy (non-hydrogen) atoms. The number of benzene rings is 1. The Labute approximate surface area is 99.6 Å². The van der Waals surface area contributed by atoms with Gasteiger partial charge >= 0.3 is 7.12 Å². The number of carbonyl (C=O) groups excluding carboxylic acids is 1. The van der Waals surface area contributed by atoms with Crippen LogP contribution in [0.25, 0.3) is 0 Å². The van der Waals surface area contributed by atoms with E-state index in [9.17, 15) is 4.79 Å². The molecule has 0 saturated heterocycles. The predicted molar refractivity (Wildman–Crippen MR) is 63.7 cm³/mol. The molecule has 4 nitrogen and oxygen atoms in total. The highest BCUT2D eigenvalue weighted by atomic mass is 35.5. The van der Waals surface area contributed by atoms with Gasteiger partial charge in [0.05, 0.1) is 0 Å². The molecule has 0 aliphatic heterocycles. The lowest BCUT2D eigenvalue weighted by molar-refractivity contribution is -0.116. The third-order valence-electron chi connectivity index (χ3n) is 2.28. The quantitative estimate of drug-likeness (QED) is 0.547. The van der Waals surface area contributed by atoms with Crippen molar-refractivity contribution in [2.75, 3.05) is 13.6 Å². The summed E-state index contributed by atoms with van der Waals surface area (Å²) in [7, 11) is 0.172. The Hall–Kier alpha value is -1.04. The SMILES string of the molecule is CN(C=O)CCc1cc(B(O)O)ccc1Cl. The van der Waals surface area contributed by atoms with E-state index in [0.717, 1.165) is 12.0 Å². The van der Waals surface area contributed by atoms with E-state index in [4.69, 9.17) is 21.6 Å². The van der Waals surface area contributed by atoms with Crippen LogP contribution >= 0.6 is 11.6 Å². The van der Waals surface area contributed by atoms with Gasteiger partial charge in [0, 0.05) is 18.6 Å². The first-order valence-electron chi connectivity index (χ1n) is 4.84. The topological polar surface area (TPSA) is 60.8 Å². The molecule has 0 heterocycles. The molecule has 0 spiro atoms. The zero-order chi connectivity index (χ0) is 12.1. The van der Waals surface area contributed by atoms with Gasteiger partial charge in [-0.05, 0) is 23.5 Å². The molecule has 0 radical (unpaired) electrons. The summed E-state index contributed by atoms with van der Waals surface area (Å²) in [6.45, 7) is 0.536. The lowest BCUT2D eigenvalue weighted by Gasteiger charge is -2.12. The van der Waals surface area contributed by atoms with Gasteiger partial charge in [-0.15, -0.1) is 0 Å². The van der Waals surface area contributed by atoms with Crippen LogP contribution in [-0.2, 0) is 11.2 Å². The third-order valence-corrected chi connectivity index (χ3v) is 2.65. The Morgan fingerprint density at radius 2 is 2.19 bits per heavy atom. The number of carbonyl (C=O) groups is 1. The largest absolute Gasteiger partial charge is 0.488 e. The Morgan fingerprint density at radius 1 is 1.50 bits per heavy atom. The van der Waals surface area contributed by atoms with Crippen molar-refractivity contribution >= 4 is 30.6 Å². The van der Waals surface area contributed by atoms with Crippen LogP contribution in [0.1, 0.15) is 5.56 Å². The second-order valence-electron chi connectivity index (χ2n) is 3.56. The van der Waals surface area contributed by atoms with Crippen molar-refractivity contribution in [3.05, 3.63) is 28.8 Å². The Morgan fingerprint density at radius 3 is 2.75 bits per heavy atom. The minimum absolute atomic E-state index is 0.396. The minimum Gasteiger partial charge on any atom is -0.423 e. The fourth-order valence-electron chi connectivity index (χ4n) is 1.30. The lowest BCUT2D eigenvalue weighted by Crippen LogP contribution is -2.30. The van der Waals surface area contributed by atoms with Crippen LogP contribution in [0, 0.1) is 0 Å². The first-order chi connectivity index (χ1) is 7.54. The summed E-state index contributed by atoms with van der Waals surface area (Å²) < 4.78 is 0. The predicted octanol–water partition coefficient (Wildman–Crippen LogP) is -0.349. The molecular weight excluding hydrogens is 228 g/mol. The summed E-state index contributed by atoms with van der Waals surface area (Å²) in [4.78, 5) is 11.9. The summed E-state index contributed by atoms with van der Waals surface area (Å²) in [6, 6.07) is 4.80. The molecule has 0 aromatic heterocycles. The van der Waals surface area contributed by atoms with Gasteiger partial charge in [-0.1, -0.05) is 23.7 Å². The first kappa shape index (κ1) is 13.0. The molecule has 0 atom stereocenters. The number of hydrogen-bond donors (Lipinski definition) is 2. The highest BCUT2D eigenvalue weighted by Crippen LogP contribution is 2.14. The van der Waals surface area contributed by atoms with Crippen molar-refractivity contribution in [1.82, 2.24) is 4.90 Å². The second kappa shape index (κ2) is 5.89. The van der Waals surface area contributed by atoms with Gasteiger partial charge in [0.1, 0.15) is 0 Å². The Balaban J connectivity index is 2.78. The number of amides is 1. The van der Waals surface area contributed by atoms with Crippen LogP contribution in [0.4, 0.5) is 0 Å². The van der Waals surface area contributed by atoms with Crippen molar-refractivity contribution in [1.29, 1.82) is 0 Å². The molecule has 1 rings (SSSR count). The average Bonchev–Trinajstić information content (AvgIpc) is 2.27. The standard InChI is InChI=1S/C10H13BClNO3/c1-13(7-14)5-4-8-6-9(11(15)16)2-3-10(8)12/h2-3,6-7,15-16H,4-5H2,1H3. The second-order valence-corrected chi connectivity index (χ2v) is 3.97. The van der Waals surface area contributed by atoms with Gasteiger partial charge in [0.25, 0.3) is 0 Å². The fourth-order valence-corrected chi connectivity index (χ4v) is 1.51. The van der Waals surface area contributed by atoms with Crippen molar-refractivity contribution in [2.24, 2.45) is 0 Å². The number of nitrogens with zero attached hydrogens (tertiary/aromatic N) is 1. The molecule has 6 heteroatoms. The molecule has 0 aliphatic rings. The van der Waals surface area contributed by atoms with E-state index in [1.165, 1.54) is 4.90 Å². The summed E-state index contributed by atoms with van der Waals surface area (Å²) >= 11 is 5.96. The number of hydrogen-bond acceptors (Lipinski definition) is 3. The van der Waals surface area contributed by atoms with Gasteiger partial charge < -0.3 is 14.9 Å². The lowest BCUT2D eigenvalue weighted by atomic mass is 9.79. The summed E-state index contributed by atoms with van der Waals surface area (Å²) in [5, 5.41) is 18.6. The number of rotatable bonds is 5. The molecule has 0 saturated carbocycles. The molecule has 1 aromatic carbocycles. The molecule has 86 valence electrons. The van der Waals surface area contributed by atoms with Crippen molar-refractivity contribution in [2.45, 2.75) is 6.42 Å². The van der Waals surface area contributed by atoms with E-state index in [1.807, 2.05) is 0 Å². The van der Waals surface area contributed by atoms with Crippen LogP contribution in [0.15, 0.2) is 18.2 Å². The van der Waals surface area contributed by atoms with E-state index in [-0.39, 0.29) is 0 Å². The van der Waals surface area contributed by atoms with Crippen molar-refractivity contribution in [3.8, 4) is 0 Å². The van der Waals surface area contributed by atoms with E-state index in [0.29, 0.717) is 23.5 Å². The van der Waals surface area contributed by atoms with Crippen molar-refractivity contribution in [3.63, 3.8) is 0 Å². The first-order valence-corrected chi connectivity index (χ1v) is 5.22. The highest BCUT2D eigenvalue weighted by Gasteiger charge is 2.12. The zero-order valence-electron chi connectivity index (χ0n) is 8.93. The summed E-state index contributed by atoms with van der Waals surface area (Å²) in [6.07, 6.45) is 1.31. The highest BCUT2D eigenvalue weighted by molar-refractivity contribution is 6.58. The maximum atomic E-state index is 10.4. The van der Waals surface area contributed by atoms with E-state index < -0.39 is 7.12 Å². The van der Waals surface area contributed by atoms with Gasteiger partial charge in [-0.2, -0.15) is 0 Å². The van der Waals surface area contributed by atoms with Crippen LogP contribution in [0.5, 0.6) is 0 Å². The summed E-state index contributed by atoms with van der Waals surface area (Å²) in [5.74, 6) is 0. The molecule has 0 unspecified atom stereocenters. The monoisotopic (exact) mass is 241 g/mol. The number of likely N-dealkylation sites (N-methyl/N-ethyl adjacent to an activating group) is 1. The smallest absolute Gasteiger partial charge is 0.423 e. The molecule has 2 N–H and O–H groups in total. The van der Waals surface area contributed by atoms with Gasteiger partial charge in [-0.25, -0.2) is 0 Å². The molecule has 0 bridgehead atoms. The van der Waals surface area contributed by atoms with Gasteiger partial charge in [0.2, 0.25) is 6.41 Å². The van der Waals surface area contributed by atoms with Crippen LogP contribution in [0.2, 0.25) is 5.02 Å².